The number of carbonyl (C=O) groups is 3. The van der Waals surface area contributed by atoms with Gasteiger partial charge in [-0.25, -0.2) is 4.68 Å². The Balaban J connectivity index is 1.29. The molecule has 0 aliphatic carbocycles. The molecule has 2 aliphatic rings. The summed E-state index contributed by atoms with van der Waals surface area (Å²) in [4.78, 5) is 43.3. The van der Waals surface area contributed by atoms with Crippen molar-refractivity contribution >= 4 is 35.2 Å². The first-order valence-corrected chi connectivity index (χ1v) is 11.7. The van der Waals surface area contributed by atoms with E-state index in [0.717, 1.165) is 10.7 Å². The number of hydrogen-bond donors (Lipinski definition) is 0. The number of carbonyl (C=O) groups excluding carboxylic acids is 3. The molecule has 1 aromatic carbocycles. The van der Waals surface area contributed by atoms with Crippen LogP contribution in [0.1, 0.15) is 16.2 Å². The molecular weight excluding hydrogens is 442 g/mol. The van der Waals surface area contributed by atoms with E-state index in [1.54, 1.807) is 26.8 Å². The van der Waals surface area contributed by atoms with E-state index in [9.17, 15) is 14.4 Å². The summed E-state index contributed by atoms with van der Waals surface area (Å²) >= 11 is 1.44. The number of aryl methyl sites for hydroxylation is 1. The van der Waals surface area contributed by atoms with E-state index < -0.39 is 0 Å². The molecule has 0 spiro atoms. The van der Waals surface area contributed by atoms with Crippen LogP contribution in [-0.2, 0) is 9.59 Å². The molecule has 0 saturated carbocycles. The van der Waals surface area contributed by atoms with Crippen LogP contribution < -0.4 is 4.90 Å². The minimum atomic E-state index is -0.177. The Morgan fingerprint density at radius 2 is 1.76 bits per heavy atom. The second kappa shape index (κ2) is 8.78. The Labute approximate surface area is 194 Å². The van der Waals surface area contributed by atoms with Crippen LogP contribution in [0.25, 0.3) is 5.69 Å². The molecule has 1 fully saturated rings. The summed E-state index contributed by atoms with van der Waals surface area (Å²) in [7, 11) is 0. The highest BCUT2D eigenvalue weighted by Gasteiger charge is 2.34. The van der Waals surface area contributed by atoms with E-state index in [1.165, 1.54) is 18.0 Å². The van der Waals surface area contributed by atoms with Crippen LogP contribution in [0.5, 0.6) is 0 Å². The zero-order chi connectivity index (χ0) is 22.9. The van der Waals surface area contributed by atoms with Gasteiger partial charge in [-0.1, -0.05) is 30.0 Å². The van der Waals surface area contributed by atoms with E-state index in [2.05, 4.69) is 5.10 Å². The standard InChI is InChI=1S/C23H23N5O4S/c1-16-21-23(28(24-16)17-6-3-2-4-7-17)33-15-20(30)27(21)14-19(29)25-9-11-26(12-10-25)22(31)18-8-5-13-32-18/h2-8,13H,9-12,14-15H2,1H3. The largest absolute Gasteiger partial charge is 0.459 e. The number of piperazine rings is 1. The Hall–Kier alpha value is -3.53. The van der Waals surface area contributed by atoms with Crippen LogP contribution in [0.15, 0.2) is 58.2 Å². The van der Waals surface area contributed by atoms with Gasteiger partial charge >= 0.3 is 0 Å². The maximum Gasteiger partial charge on any atom is 0.289 e. The van der Waals surface area contributed by atoms with Crippen LogP contribution in [0.2, 0.25) is 0 Å². The smallest absolute Gasteiger partial charge is 0.289 e. The lowest BCUT2D eigenvalue weighted by atomic mass is 10.2. The summed E-state index contributed by atoms with van der Waals surface area (Å²) in [5, 5.41) is 5.51. The van der Waals surface area contributed by atoms with Crippen molar-refractivity contribution in [2.24, 2.45) is 0 Å². The second-order valence-electron chi connectivity index (χ2n) is 7.91. The molecule has 2 aliphatic heterocycles. The number of fused-ring (bicyclic) bond motifs is 1. The fraction of sp³-hybridized carbons (Fsp3) is 0.304. The Morgan fingerprint density at radius 3 is 2.45 bits per heavy atom. The number of furan rings is 1. The summed E-state index contributed by atoms with van der Waals surface area (Å²) in [6, 6.07) is 13.1. The van der Waals surface area contributed by atoms with Crippen molar-refractivity contribution in [3.8, 4) is 5.69 Å². The van der Waals surface area contributed by atoms with Crippen LogP contribution in [0.3, 0.4) is 0 Å². The number of hydrogen-bond acceptors (Lipinski definition) is 6. The average Bonchev–Trinajstić information content (AvgIpc) is 3.49. The number of nitrogens with zero attached hydrogens (tertiary/aromatic N) is 5. The first kappa shape index (κ1) is 21.3. The van der Waals surface area contributed by atoms with Crippen LogP contribution in [0.4, 0.5) is 5.69 Å². The van der Waals surface area contributed by atoms with Crippen molar-refractivity contribution in [3.63, 3.8) is 0 Å². The van der Waals surface area contributed by atoms with Crippen molar-refractivity contribution in [1.82, 2.24) is 19.6 Å². The summed E-state index contributed by atoms with van der Waals surface area (Å²) in [6.07, 6.45) is 1.47. The van der Waals surface area contributed by atoms with Crippen molar-refractivity contribution in [2.45, 2.75) is 11.9 Å². The number of rotatable bonds is 4. The SMILES string of the molecule is Cc1nn(-c2ccccc2)c2c1N(CC(=O)N1CCN(C(=O)c3ccco3)CC1)C(=O)CS2. The van der Waals surface area contributed by atoms with Gasteiger partial charge in [0.1, 0.15) is 11.6 Å². The molecule has 0 radical (unpaired) electrons. The molecule has 2 aromatic heterocycles. The molecule has 0 unspecified atom stereocenters. The van der Waals surface area contributed by atoms with Gasteiger partial charge in [-0.15, -0.1) is 0 Å². The predicted octanol–water partition coefficient (Wildman–Crippen LogP) is 2.20. The van der Waals surface area contributed by atoms with Crippen molar-refractivity contribution in [2.75, 3.05) is 43.4 Å². The molecule has 0 atom stereocenters. The number of para-hydroxylation sites is 1. The first-order valence-electron chi connectivity index (χ1n) is 10.7. The van der Waals surface area contributed by atoms with E-state index in [4.69, 9.17) is 4.42 Å². The Bertz CT molecular complexity index is 1180. The van der Waals surface area contributed by atoms with Gasteiger partial charge in [-0.3, -0.25) is 19.3 Å². The highest BCUT2D eigenvalue weighted by Crippen LogP contribution is 2.39. The van der Waals surface area contributed by atoms with Crippen molar-refractivity contribution in [3.05, 3.63) is 60.2 Å². The molecule has 33 heavy (non-hydrogen) atoms. The van der Waals surface area contributed by atoms with Gasteiger partial charge in [0.2, 0.25) is 11.8 Å². The van der Waals surface area contributed by atoms with E-state index in [-0.39, 0.29) is 30.0 Å². The molecule has 1 saturated heterocycles. The lowest BCUT2D eigenvalue weighted by Gasteiger charge is -2.36. The summed E-state index contributed by atoms with van der Waals surface area (Å²) in [6.45, 7) is 3.48. The topological polar surface area (TPSA) is 91.9 Å². The fourth-order valence-corrected chi connectivity index (χ4v) is 5.21. The molecule has 0 bridgehead atoms. The molecule has 10 heteroatoms. The molecule has 9 nitrogen and oxygen atoms in total. The van der Waals surface area contributed by atoms with Gasteiger partial charge in [0.25, 0.3) is 5.91 Å². The lowest BCUT2D eigenvalue weighted by Crippen LogP contribution is -2.53. The van der Waals surface area contributed by atoms with Crippen LogP contribution >= 0.6 is 11.8 Å². The number of anilines is 1. The molecule has 3 aromatic rings. The maximum absolute atomic E-state index is 13.1. The molecular formula is C23H23N5O4S. The van der Waals surface area contributed by atoms with E-state index >= 15 is 0 Å². The first-order chi connectivity index (χ1) is 16.0. The Morgan fingerprint density at radius 1 is 1.03 bits per heavy atom. The normalized spacial score (nSPS) is 16.2. The molecule has 4 heterocycles. The zero-order valence-electron chi connectivity index (χ0n) is 18.1. The third-order valence-electron chi connectivity index (χ3n) is 5.84. The summed E-state index contributed by atoms with van der Waals surface area (Å²) in [5.74, 6) is 0.124. The molecule has 3 amide bonds. The highest BCUT2D eigenvalue weighted by molar-refractivity contribution is 8.00. The molecule has 5 rings (SSSR count). The second-order valence-corrected chi connectivity index (χ2v) is 8.87. The Kier molecular flexibility index (Phi) is 5.67. The highest BCUT2D eigenvalue weighted by atomic mass is 32.2. The number of thioether (sulfide) groups is 1. The third-order valence-corrected chi connectivity index (χ3v) is 6.87. The minimum absolute atomic E-state index is 0.0418. The van der Waals surface area contributed by atoms with Gasteiger partial charge in [-0.05, 0) is 31.2 Å². The molecule has 0 N–H and O–H groups in total. The monoisotopic (exact) mass is 465 g/mol. The quantitative estimate of drug-likeness (QED) is 0.587. The predicted molar refractivity (Wildman–Crippen MR) is 123 cm³/mol. The summed E-state index contributed by atoms with van der Waals surface area (Å²) < 4.78 is 7.02. The minimum Gasteiger partial charge on any atom is -0.459 e. The van der Waals surface area contributed by atoms with Gasteiger partial charge in [0, 0.05) is 26.2 Å². The number of benzene rings is 1. The summed E-state index contributed by atoms with van der Waals surface area (Å²) in [5.41, 5.74) is 2.31. The van der Waals surface area contributed by atoms with E-state index in [1.807, 2.05) is 41.9 Å². The van der Waals surface area contributed by atoms with Gasteiger partial charge in [-0.2, -0.15) is 5.10 Å². The molecule has 170 valence electrons. The van der Waals surface area contributed by atoms with Crippen molar-refractivity contribution in [1.29, 1.82) is 0 Å². The van der Waals surface area contributed by atoms with Gasteiger partial charge in [0.05, 0.1) is 29.1 Å². The van der Waals surface area contributed by atoms with Gasteiger partial charge < -0.3 is 14.2 Å². The van der Waals surface area contributed by atoms with Gasteiger partial charge in [0.15, 0.2) is 5.76 Å². The zero-order valence-corrected chi connectivity index (χ0v) is 19.0. The third kappa shape index (κ3) is 4.02. The fourth-order valence-electron chi connectivity index (χ4n) is 4.13. The lowest BCUT2D eigenvalue weighted by molar-refractivity contribution is -0.132. The number of amides is 3. The number of aromatic nitrogens is 2. The van der Waals surface area contributed by atoms with Crippen LogP contribution in [-0.4, -0.2) is 75.8 Å². The van der Waals surface area contributed by atoms with E-state index in [0.29, 0.717) is 43.3 Å². The van der Waals surface area contributed by atoms with Crippen molar-refractivity contribution < 1.29 is 18.8 Å². The average molecular weight is 466 g/mol. The maximum atomic E-state index is 13.1. The van der Waals surface area contributed by atoms with Crippen LogP contribution in [0, 0.1) is 6.92 Å².